The van der Waals surface area contributed by atoms with Crippen LogP contribution in [0.15, 0.2) is 24.3 Å². The third-order valence-corrected chi connectivity index (χ3v) is 2.83. The minimum Gasteiger partial charge on any atom is 0 e. The molecule has 3 atom stereocenters. The molecule has 0 fully saturated rings. The van der Waals surface area contributed by atoms with E-state index < -0.39 is 11.9 Å². The molecule has 0 heterocycles. The van der Waals surface area contributed by atoms with Crippen LogP contribution in [0.25, 0.3) is 0 Å². The van der Waals surface area contributed by atoms with Crippen LogP contribution < -0.4 is 0 Å². The number of carbonyl (C=O) groups is 2. The second kappa shape index (κ2) is 20.3. The first-order chi connectivity index (χ1) is 10.6. The van der Waals surface area contributed by atoms with E-state index in [0.717, 1.165) is 0 Å². The van der Waals surface area contributed by atoms with Crippen molar-refractivity contribution in [2.45, 2.75) is 20.8 Å². The van der Waals surface area contributed by atoms with Crippen molar-refractivity contribution < 1.29 is 45.5 Å². The van der Waals surface area contributed by atoms with Crippen molar-refractivity contribution in [1.29, 1.82) is 5.46 Å². The maximum Gasteiger partial charge on any atom is 0 e. The van der Waals surface area contributed by atoms with Crippen molar-refractivity contribution in [3.63, 3.8) is 0 Å². The summed E-state index contributed by atoms with van der Waals surface area (Å²) in [5, 5.41) is 0. The minimum absolute atomic E-state index is 0. The molecule has 0 N–H and O–H groups in total. The number of ether oxygens (including phenoxy) is 1. The molecule has 1 unspecified atom stereocenters. The van der Waals surface area contributed by atoms with Crippen molar-refractivity contribution in [2.75, 3.05) is 6.61 Å². The van der Waals surface area contributed by atoms with Gasteiger partial charge in [0.2, 0.25) is 0 Å². The molecule has 1 rings (SSSR count). The molecule has 0 amide bonds. The molecule has 0 aromatic carbocycles. The molecule has 7 nitrogen and oxygen atoms in total. The van der Waals surface area contributed by atoms with Gasteiger partial charge in [-0.1, -0.05) is 31.2 Å². The Labute approximate surface area is 145 Å². The molecular formula is C15H18MnNO6+. The quantitative estimate of drug-likeness (QED) is 0.249. The first-order valence-electron chi connectivity index (χ1n) is 6.19. The van der Waals surface area contributed by atoms with Crippen LogP contribution in [0.2, 0.25) is 0 Å². The normalized spacial score (nSPS) is 17.8. The van der Waals surface area contributed by atoms with Gasteiger partial charge >= 0.3 is 38.8 Å². The van der Waals surface area contributed by atoms with Crippen molar-refractivity contribution >= 4 is 11.8 Å². The van der Waals surface area contributed by atoms with Crippen molar-refractivity contribution in [3.05, 3.63) is 37.6 Å². The Morgan fingerprint density at radius 1 is 1.17 bits per heavy atom. The van der Waals surface area contributed by atoms with Crippen LogP contribution in [-0.2, 0) is 45.5 Å². The minimum atomic E-state index is -0.670. The van der Waals surface area contributed by atoms with Gasteiger partial charge in [-0.25, -0.2) is 0 Å². The summed E-state index contributed by atoms with van der Waals surface area (Å²) in [4.78, 5) is 23.3. The average molecular weight is 363 g/mol. The van der Waals surface area contributed by atoms with Crippen LogP contribution in [0.4, 0.5) is 0 Å². The number of carbonyl (C=O) groups excluding carboxylic acids is 2. The summed E-state index contributed by atoms with van der Waals surface area (Å²) in [6.07, 6.45) is 7.72. The number of nitrogens with zero attached hydrogens (tertiary/aromatic N) is 1. The van der Waals surface area contributed by atoms with Crippen LogP contribution in [0.1, 0.15) is 20.8 Å². The van der Waals surface area contributed by atoms with Gasteiger partial charge in [-0.2, -0.15) is 0 Å². The number of ketones is 1. The van der Waals surface area contributed by atoms with Crippen LogP contribution in [0.3, 0.4) is 0 Å². The maximum atomic E-state index is 11.7. The molecule has 0 bridgehead atoms. The van der Waals surface area contributed by atoms with Crippen LogP contribution in [0.5, 0.6) is 0 Å². The maximum absolute atomic E-state index is 11.7. The molecule has 1 radical (unpaired) electrons. The first kappa shape index (κ1) is 29.3. The van der Waals surface area contributed by atoms with Crippen molar-refractivity contribution in [2.24, 2.45) is 17.8 Å². The van der Waals surface area contributed by atoms with Gasteiger partial charge < -0.3 is 4.74 Å². The van der Waals surface area contributed by atoms with Gasteiger partial charge in [0.25, 0.3) is 0 Å². The zero-order valence-electron chi connectivity index (χ0n) is 13.0. The van der Waals surface area contributed by atoms with Crippen LogP contribution in [0, 0.1) is 36.5 Å². The van der Waals surface area contributed by atoms with Crippen LogP contribution >= 0.6 is 0 Å². The number of hydrogen-bond acceptors (Lipinski definition) is 4. The van der Waals surface area contributed by atoms with E-state index in [2.05, 4.69) is 13.3 Å². The Balaban J connectivity index is -0.000000231. The Kier molecular flexibility index (Phi) is 25.9. The second-order valence-corrected chi connectivity index (χ2v) is 4.05. The Morgan fingerprint density at radius 3 is 1.96 bits per heavy atom. The smallest absolute Gasteiger partial charge is 0 e. The zero-order valence-corrected chi connectivity index (χ0v) is 14.2. The number of rotatable bonds is 4. The Hall–Kier alpha value is -1.71. The van der Waals surface area contributed by atoms with Gasteiger partial charge in [0.05, 0.1) is 6.61 Å². The molecule has 0 aromatic rings. The predicted octanol–water partition coefficient (Wildman–Crippen LogP) is 1.95. The summed E-state index contributed by atoms with van der Waals surface area (Å²) < 4.78 is 27.2. The molecule has 1 aliphatic carbocycles. The predicted molar refractivity (Wildman–Crippen MR) is 72.0 cm³/mol. The molecule has 1 aliphatic rings. The molecule has 23 heavy (non-hydrogen) atoms. The number of Topliss-reactive ketones (excluding diaryl/α,β-unsaturated/α-hetero) is 1. The van der Waals surface area contributed by atoms with Gasteiger partial charge in [0, 0.05) is 23.0 Å². The zero-order chi connectivity index (χ0) is 18.1. The second-order valence-electron chi connectivity index (χ2n) is 4.05. The monoisotopic (exact) mass is 363 g/mol. The summed E-state index contributed by atoms with van der Waals surface area (Å²) in [5.41, 5.74) is 5.75. The largest absolute Gasteiger partial charge is 0 e. The van der Waals surface area contributed by atoms with Gasteiger partial charge in [0.15, 0.2) is 0 Å². The fraction of sp³-hybridized carbons (Fsp3) is 0.467. The Morgan fingerprint density at radius 2 is 1.61 bits per heavy atom. The summed E-state index contributed by atoms with van der Waals surface area (Å²) in [7, 11) is 0. The van der Waals surface area contributed by atoms with E-state index >= 15 is 0 Å². The Bertz CT molecular complexity index is 438. The molecule has 0 aromatic heterocycles. The van der Waals surface area contributed by atoms with Gasteiger partial charge in [-0.05, 0) is 19.8 Å². The van der Waals surface area contributed by atoms with Crippen LogP contribution in [-0.4, -0.2) is 18.4 Å². The van der Waals surface area contributed by atoms with Crippen molar-refractivity contribution in [3.8, 4) is 0 Å². The fourth-order valence-electron chi connectivity index (χ4n) is 1.98. The summed E-state index contributed by atoms with van der Waals surface area (Å²) in [6, 6.07) is 0. The molecule has 125 valence electrons. The molecule has 0 aliphatic heterocycles. The SMILES string of the molecule is CCOC(=O)C(C(C)=O)[C@H]1C=CC=C[C@H]1C.N#[O+].[C-]#[O+].[C-]#[O+].[Mn]. The molecule has 0 saturated heterocycles. The van der Waals surface area contributed by atoms with E-state index in [0.29, 0.717) is 6.61 Å². The van der Waals surface area contributed by atoms with E-state index in [9.17, 15) is 9.59 Å². The third-order valence-electron chi connectivity index (χ3n) is 2.83. The third kappa shape index (κ3) is 11.5. The molecule has 8 heteroatoms. The fourth-order valence-corrected chi connectivity index (χ4v) is 1.98. The van der Waals surface area contributed by atoms with Gasteiger partial charge in [-0.3, -0.25) is 9.59 Å². The van der Waals surface area contributed by atoms with Gasteiger partial charge in [-0.15, -0.1) is 0 Å². The molecule has 0 spiro atoms. The summed E-state index contributed by atoms with van der Waals surface area (Å²) >= 11 is 0. The summed E-state index contributed by atoms with van der Waals surface area (Å²) in [5.74, 6) is -1.11. The van der Waals surface area contributed by atoms with Crippen molar-refractivity contribution in [1.82, 2.24) is 0 Å². The number of esters is 1. The van der Waals surface area contributed by atoms with Gasteiger partial charge in [0.1, 0.15) is 11.7 Å². The van der Waals surface area contributed by atoms with E-state index in [-0.39, 0.29) is 34.7 Å². The topological polar surface area (TPSA) is 127 Å². The first-order valence-corrected chi connectivity index (χ1v) is 6.19. The number of hydrogen-bond donors (Lipinski definition) is 0. The van der Waals surface area contributed by atoms with E-state index in [1.165, 1.54) is 6.92 Å². The molecular weight excluding hydrogens is 345 g/mol. The summed E-state index contributed by atoms with van der Waals surface area (Å²) in [6.45, 7) is 14.5. The van der Waals surface area contributed by atoms with E-state index in [1.54, 1.807) is 6.92 Å². The van der Waals surface area contributed by atoms with E-state index in [1.807, 2.05) is 31.2 Å². The van der Waals surface area contributed by atoms with E-state index in [4.69, 9.17) is 24.3 Å². The standard InChI is InChI=1S/C13H18O3.2CO.Mn.NO/c1-4-16-13(15)12(10(3)14)11-8-6-5-7-9(11)2;2*1-2;;1-2/h5-9,11-12H,4H2,1-3H3;;;;/q;;;;+1/t9-,11+,12?;;;;/m1..../s1. The average Bonchev–Trinajstić information content (AvgIpc) is 2.55. The molecule has 0 saturated carbocycles. The number of allylic oxidation sites excluding steroid dienone is 4.